The molecule has 4 nitrogen and oxygen atoms in total. The number of hydrogen-bond acceptors (Lipinski definition) is 4. The van der Waals surface area contributed by atoms with Crippen molar-refractivity contribution in [2.45, 2.75) is 12.7 Å². The molecule has 0 aliphatic carbocycles. The molecular weight excluding hydrogens is 365 g/mol. The van der Waals surface area contributed by atoms with Gasteiger partial charge in [0.25, 0.3) is 5.91 Å². The van der Waals surface area contributed by atoms with Gasteiger partial charge in [-0.1, -0.05) is 0 Å². The van der Waals surface area contributed by atoms with E-state index in [1.165, 1.54) is 11.3 Å². The molecule has 0 spiro atoms. The lowest BCUT2D eigenvalue weighted by Gasteiger charge is -2.07. The summed E-state index contributed by atoms with van der Waals surface area (Å²) < 4.78 is 37.6. The van der Waals surface area contributed by atoms with E-state index < -0.39 is 17.6 Å². The van der Waals surface area contributed by atoms with Gasteiger partial charge in [-0.2, -0.15) is 13.2 Å². The Bertz CT molecular complexity index is 903. The molecule has 0 radical (unpaired) electrons. The van der Waals surface area contributed by atoms with Crippen molar-refractivity contribution >= 4 is 17.2 Å². The molecule has 0 fully saturated rings. The van der Waals surface area contributed by atoms with Crippen LogP contribution in [0.5, 0.6) is 5.75 Å². The maximum atomic E-state index is 12.5. The van der Waals surface area contributed by atoms with E-state index >= 15 is 0 Å². The van der Waals surface area contributed by atoms with E-state index in [2.05, 4.69) is 10.3 Å². The summed E-state index contributed by atoms with van der Waals surface area (Å²) in [7, 11) is 0. The molecule has 1 heterocycles. The highest BCUT2D eigenvalue weighted by molar-refractivity contribution is 7.09. The quantitative estimate of drug-likeness (QED) is 0.704. The van der Waals surface area contributed by atoms with E-state index in [-0.39, 0.29) is 17.9 Å². The van der Waals surface area contributed by atoms with Crippen LogP contribution in [0.4, 0.5) is 13.2 Å². The first kappa shape index (κ1) is 17.9. The summed E-state index contributed by atoms with van der Waals surface area (Å²) in [6.07, 6.45) is -4.43. The van der Waals surface area contributed by atoms with Crippen LogP contribution in [0.2, 0.25) is 0 Å². The highest BCUT2D eigenvalue weighted by atomic mass is 32.1. The van der Waals surface area contributed by atoms with Gasteiger partial charge < -0.3 is 10.4 Å². The lowest BCUT2D eigenvalue weighted by atomic mass is 10.1. The SMILES string of the molecule is O=C(NCc1nc(-c2ccc(O)cc2)cs1)c1ccc(C(F)(F)F)cc1. The molecule has 0 bridgehead atoms. The number of phenols is 1. The minimum atomic E-state index is -4.43. The van der Waals surface area contributed by atoms with E-state index in [0.29, 0.717) is 10.7 Å². The Kier molecular flexibility index (Phi) is 4.94. The van der Waals surface area contributed by atoms with Crippen molar-refractivity contribution in [3.63, 3.8) is 0 Å². The van der Waals surface area contributed by atoms with E-state index in [9.17, 15) is 23.1 Å². The van der Waals surface area contributed by atoms with Gasteiger partial charge in [0.05, 0.1) is 17.8 Å². The highest BCUT2D eigenvalue weighted by Gasteiger charge is 2.30. The molecule has 3 aromatic rings. The van der Waals surface area contributed by atoms with Crippen LogP contribution in [-0.4, -0.2) is 16.0 Å². The number of phenolic OH excluding ortho intramolecular Hbond substituents is 1. The number of amides is 1. The predicted molar refractivity (Wildman–Crippen MR) is 91.8 cm³/mol. The molecule has 26 heavy (non-hydrogen) atoms. The zero-order chi connectivity index (χ0) is 18.7. The number of aromatic hydroxyl groups is 1. The van der Waals surface area contributed by atoms with Crippen LogP contribution < -0.4 is 5.32 Å². The molecule has 134 valence electrons. The van der Waals surface area contributed by atoms with Crippen molar-refractivity contribution in [2.24, 2.45) is 0 Å². The number of rotatable bonds is 4. The van der Waals surface area contributed by atoms with Crippen molar-refractivity contribution in [3.8, 4) is 17.0 Å². The Morgan fingerprint density at radius 2 is 1.73 bits per heavy atom. The van der Waals surface area contributed by atoms with Gasteiger partial charge in [-0.15, -0.1) is 11.3 Å². The molecule has 0 unspecified atom stereocenters. The van der Waals surface area contributed by atoms with Gasteiger partial charge in [0.2, 0.25) is 0 Å². The maximum Gasteiger partial charge on any atom is 0.416 e. The number of halogens is 3. The van der Waals surface area contributed by atoms with Gasteiger partial charge in [-0.3, -0.25) is 4.79 Å². The summed E-state index contributed by atoms with van der Waals surface area (Å²) in [6.45, 7) is 0.169. The predicted octanol–water partition coefficient (Wildman–Crippen LogP) is 4.46. The molecule has 2 N–H and O–H groups in total. The summed E-state index contributed by atoms with van der Waals surface area (Å²) >= 11 is 1.35. The highest BCUT2D eigenvalue weighted by Crippen LogP contribution is 2.29. The van der Waals surface area contributed by atoms with E-state index in [4.69, 9.17) is 0 Å². The number of nitrogens with one attached hydrogen (secondary N) is 1. The Morgan fingerprint density at radius 3 is 2.35 bits per heavy atom. The molecule has 8 heteroatoms. The van der Waals surface area contributed by atoms with E-state index in [0.717, 1.165) is 29.8 Å². The number of nitrogens with zero attached hydrogens (tertiary/aromatic N) is 1. The summed E-state index contributed by atoms with van der Waals surface area (Å²) in [5.41, 5.74) is 0.897. The summed E-state index contributed by atoms with van der Waals surface area (Å²) in [4.78, 5) is 16.4. The van der Waals surface area contributed by atoms with Crippen molar-refractivity contribution in [1.82, 2.24) is 10.3 Å². The number of carbonyl (C=O) groups is 1. The fourth-order valence-electron chi connectivity index (χ4n) is 2.23. The number of alkyl halides is 3. The Balaban J connectivity index is 1.62. The number of thiazole rings is 1. The van der Waals surface area contributed by atoms with Crippen LogP contribution >= 0.6 is 11.3 Å². The molecule has 1 amide bonds. The van der Waals surface area contributed by atoms with Crippen molar-refractivity contribution in [2.75, 3.05) is 0 Å². The third-order valence-electron chi connectivity index (χ3n) is 3.59. The third-order valence-corrected chi connectivity index (χ3v) is 4.44. The van der Waals surface area contributed by atoms with Crippen molar-refractivity contribution in [1.29, 1.82) is 0 Å². The fraction of sp³-hybridized carbons (Fsp3) is 0.111. The van der Waals surface area contributed by atoms with Gasteiger partial charge in [-0.25, -0.2) is 4.98 Å². The Hall–Kier alpha value is -2.87. The van der Waals surface area contributed by atoms with Crippen molar-refractivity contribution in [3.05, 3.63) is 70.0 Å². The lowest BCUT2D eigenvalue weighted by molar-refractivity contribution is -0.137. The molecule has 0 saturated carbocycles. The second kappa shape index (κ2) is 7.17. The average Bonchev–Trinajstić information content (AvgIpc) is 3.08. The van der Waals surface area contributed by atoms with E-state index in [1.54, 1.807) is 24.3 Å². The molecule has 2 aromatic carbocycles. The number of aromatic nitrogens is 1. The third kappa shape index (κ3) is 4.20. The second-order valence-electron chi connectivity index (χ2n) is 5.43. The zero-order valence-electron chi connectivity index (χ0n) is 13.2. The van der Waals surface area contributed by atoms with Gasteiger partial charge in [-0.05, 0) is 48.5 Å². The monoisotopic (exact) mass is 378 g/mol. The summed E-state index contributed by atoms with van der Waals surface area (Å²) in [6, 6.07) is 10.6. The lowest BCUT2D eigenvalue weighted by Crippen LogP contribution is -2.22. The van der Waals surface area contributed by atoms with Crippen LogP contribution in [0.15, 0.2) is 53.9 Å². The largest absolute Gasteiger partial charge is 0.508 e. The number of hydrogen-bond donors (Lipinski definition) is 2. The molecule has 1 aromatic heterocycles. The normalized spacial score (nSPS) is 11.3. The molecule has 0 saturated heterocycles. The minimum absolute atomic E-state index is 0.147. The summed E-state index contributed by atoms with van der Waals surface area (Å²) in [5.74, 6) is -0.312. The van der Waals surface area contributed by atoms with Crippen LogP contribution in [0, 0.1) is 0 Å². The van der Waals surface area contributed by atoms with Crippen LogP contribution in [0.25, 0.3) is 11.3 Å². The van der Waals surface area contributed by atoms with Crippen molar-refractivity contribution < 1.29 is 23.1 Å². The summed E-state index contributed by atoms with van der Waals surface area (Å²) in [5, 5.41) is 14.4. The molecule has 0 atom stereocenters. The first-order valence-corrected chi connectivity index (χ1v) is 8.40. The standard InChI is InChI=1S/C18H13F3N2O2S/c19-18(20,21)13-5-1-12(2-6-13)17(25)22-9-16-23-15(10-26-16)11-3-7-14(24)8-4-11/h1-8,10,24H,9H2,(H,22,25). The minimum Gasteiger partial charge on any atom is -0.508 e. The van der Waals surface area contributed by atoms with Crippen LogP contribution in [0.3, 0.4) is 0 Å². The number of benzene rings is 2. The topological polar surface area (TPSA) is 62.2 Å². The fourth-order valence-corrected chi connectivity index (χ4v) is 2.97. The van der Waals surface area contributed by atoms with Gasteiger partial charge in [0, 0.05) is 16.5 Å². The van der Waals surface area contributed by atoms with Crippen LogP contribution in [-0.2, 0) is 12.7 Å². The average molecular weight is 378 g/mol. The van der Waals surface area contributed by atoms with Gasteiger partial charge in [0.1, 0.15) is 10.8 Å². The first-order chi connectivity index (χ1) is 12.3. The first-order valence-electron chi connectivity index (χ1n) is 7.52. The molecule has 3 rings (SSSR count). The molecule has 0 aliphatic heterocycles. The Morgan fingerprint density at radius 1 is 1.08 bits per heavy atom. The van der Waals surface area contributed by atoms with E-state index in [1.807, 2.05) is 5.38 Å². The maximum absolute atomic E-state index is 12.5. The zero-order valence-corrected chi connectivity index (χ0v) is 14.1. The van der Waals surface area contributed by atoms with Gasteiger partial charge in [0.15, 0.2) is 0 Å². The smallest absolute Gasteiger partial charge is 0.416 e. The number of carbonyl (C=O) groups excluding carboxylic acids is 1. The van der Waals surface area contributed by atoms with Gasteiger partial charge >= 0.3 is 6.18 Å². The molecular formula is C18H13F3N2O2S. The van der Waals surface area contributed by atoms with Crippen LogP contribution in [0.1, 0.15) is 20.9 Å². The second-order valence-corrected chi connectivity index (χ2v) is 6.37. The Labute approximate surface area is 151 Å². The molecule has 0 aliphatic rings.